The molecule has 5 nitrogen and oxygen atoms in total. The summed E-state index contributed by atoms with van der Waals surface area (Å²) >= 11 is 0. The van der Waals surface area contributed by atoms with Gasteiger partial charge in [0, 0.05) is 50.3 Å². The topological polar surface area (TPSA) is 49.3 Å². The van der Waals surface area contributed by atoms with Gasteiger partial charge >= 0.3 is 0 Å². The zero-order chi connectivity index (χ0) is 17.2. The molecule has 1 aliphatic heterocycles. The molecule has 1 amide bonds. The van der Waals surface area contributed by atoms with Crippen LogP contribution in [0, 0.1) is 12.3 Å². The maximum atomic E-state index is 12.3. The fraction of sp³-hybridized carbons (Fsp3) is 0.722. The summed E-state index contributed by atoms with van der Waals surface area (Å²) < 4.78 is 0. The molecule has 1 aromatic rings. The lowest BCUT2D eigenvalue weighted by Gasteiger charge is -2.36. The molecule has 0 bridgehead atoms. The summed E-state index contributed by atoms with van der Waals surface area (Å²) in [5.74, 6) is 2.47. The minimum absolute atomic E-state index is 0.0458. The predicted octanol–water partition coefficient (Wildman–Crippen LogP) is 2.99. The van der Waals surface area contributed by atoms with Crippen molar-refractivity contribution < 1.29 is 4.79 Å². The number of amides is 1. The number of rotatable bonds is 3. The molecule has 0 atom stereocenters. The van der Waals surface area contributed by atoms with Crippen LogP contribution in [-0.4, -0.2) is 47.0 Å². The van der Waals surface area contributed by atoms with E-state index in [-0.39, 0.29) is 11.3 Å². The van der Waals surface area contributed by atoms with Crippen LogP contribution in [0.5, 0.6) is 0 Å². The van der Waals surface area contributed by atoms with Crippen molar-refractivity contribution in [1.82, 2.24) is 14.9 Å². The van der Waals surface area contributed by atoms with Crippen molar-refractivity contribution in [3.8, 4) is 0 Å². The lowest BCUT2D eigenvalue weighted by atomic mass is 9.91. The van der Waals surface area contributed by atoms with E-state index in [1.165, 1.54) is 0 Å². The Morgan fingerprint density at radius 3 is 2.30 bits per heavy atom. The number of hydrogen-bond donors (Lipinski definition) is 0. The highest BCUT2D eigenvalue weighted by Crippen LogP contribution is 2.22. The van der Waals surface area contributed by atoms with Gasteiger partial charge in [0.05, 0.1) is 0 Å². The van der Waals surface area contributed by atoms with Crippen molar-refractivity contribution in [2.24, 2.45) is 5.41 Å². The number of nitrogens with zero attached hydrogens (tertiary/aromatic N) is 4. The molecule has 1 saturated heterocycles. The van der Waals surface area contributed by atoms with Gasteiger partial charge in [-0.25, -0.2) is 9.97 Å². The van der Waals surface area contributed by atoms with Crippen molar-refractivity contribution >= 4 is 11.7 Å². The van der Waals surface area contributed by atoms with Crippen LogP contribution in [0.25, 0.3) is 0 Å². The maximum Gasteiger partial charge on any atom is 0.223 e. The van der Waals surface area contributed by atoms with E-state index in [1.807, 2.05) is 17.9 Å². The molecule has 128 valence electrons. The van der Waals surface area contributed by atoms with E-state index in [1.54, 1.807) is 0 Å². The van der Waals surface area contributed by atoms with E-state index in [0.29, 0.717) is 12.3 Å². The first kappa shape index (κ1) is 17.7. The van der Waals surface area contributed by atoms with Crippen molar-refractivity contribution in [2.45, 2.75) is 53.9 Å². The fourth-order valence-corrected chi connectivity index (χ4v) is 2.75. The molecule has 1 aliphatic rings. The summed E-state index contributed by atoms with van der Waals surface area (Å²) in [6, 6.07) is 2.04. The fourth-order valence-electron chi connectivity index (χ4n) is 2.75. The van der Waals surface area contributed by atoms with Crippen molar-refractivity contribution in [3.05, 3.63) is 17.6 Å². The molecule has 2 rings (SSSR count). The smallest absolute Gasteiger partial charge is 0.223 e. The van der Waals surface area contributed by atoms with Gasteiger partial charge in [0.25, 0.3) is 0 Å². The van der Waals surface area contributed by atoms with Crippen LogP contribution < -0.4 is 4.90 Å². The second-order valence-electron chi connectivity index (χ2n) is 7.99. The summed E-state index contributed by atoms with van der Waals surface area (Å²) in [7, 11) is 0. The molecule has 5 heteroatoms. The molecule has 2 heterocycles. The Morgan fingerprint density at radius 2 is 1.78 bits per heavy atom. The highest BCUT2D eigenvalue weighted by atomic mass is 16.2. The number of carbonyl (C=O) groups excluding carboxylic acids is 1. The third kappa shape index (κ3) is 4.91. The summed E-state index contributed by atoms with van der Waals surface area (Å²) in [5.41, 5.74) is 1.05. The number of aryl methyl sites for hydroxylation is 1. The molecule has 23 heavy (non-hydrogen) atoms. The highest BCUT2D eigenvalue weighted by Gasteiger charge is 2.25. The summed E-state index contributed by atoms with van der Waals surface area (Å²) in [6.45, 7) is 15.8. The Kier molecular flexibility index (Phi) is 5.27. The van der Waals surface area contributed by atoms with Crippen LogP contribution in [0.2, 0.25) is 0 Å². The first-order valence-corrected chi connectivity index (χ1v) is 8.54. The number of piperazine rings is 1. The van der Waals surface area contributed by atoms with E-state index in [2.05, 4.69) is 44.5 Å². The first-order valence-electron chi connectivity index (χ1n) is 8.54. The zero-order valence-corrected chi connectivity index (χ0v) is 15.4. The molecule has 1 aromatic heterocycles. The Hall–Kier alpha value is -1.65. The molecule has 0 spiro atoms. The lowest BCUT2D eigenvalue weighted by Crippen LogP contribution is -2.49. The average molecular weight is 318 g/mol. The Balaban J connectivity index is 2.01. The maximum absolute atomic E-state index is 12.3. The minimum atomic E-state index is 0.0458. The second kappa shape index (κ2) is 6.85. The second-order valence-corrected chi connectivity index (χ2v) is 7.99. The Morgan fingerprint density at radius 1 is 1.17 bits per heavy atom. The molecule has 1 fully saturated rings. The van der Waals surface area contributed by atoms with E-state index < -0.39 is 0 Å². The molecular formula is C18H30N4O. The van der Waals surface area contributed by atoms with E-state index in [4.69, 9.17) is 4.98 Å². The van der Waals surface area contributed by atoms with E-state index >= 15 is 0 Å². The molecule has 0 unspecified atom stereocenters. The van der Waals surface area contributed by atoms with Gasteiger partial charge in [-0.2, -0.15) is 0 Å². The third-order valence-electron chi connectivity index (χ3n) is 4.01. The van der Waals surface area contributed by atoms with Gasteiger partial charge in [0.2, 0.25) is 5.91 Å². The van der Waals surface area contributed by atoms with Crippen LogP contribution in [0.1, 0.15) is 58.5 Å². The van der Waals surface area contributed by atoms with Gasteiger partial charge < -0.3 is 9.80 Å². The van der Waals surface area contributed by atoms with Crippen LogP contribution >= 0.6 is 0 Å². The quantitative estimate of drug-likeness (QED) is 0.859. The van der Waals surface area contributed by atoms with Gasteiger partial charge in [-0.15, -0.1) is 0 Å². The highest BCUT2D eigenvalue weighted by molar-refractivity contribution is 5.77. The van der Waals surface area contributed by atoms with Crippen LogP contribution in [0.3, 0.4) is 0 Å². The van der Waals surface area contributed by atoms with Crippen LogP contribution in [-0.2, 0) is 4.79 Å². The first-order chi connectivity index (χ1) is 10.7. The number of carbonyl (C=O) groups is 1. The Bertz CT molecular complexity index is 555. The van der Waals surface area contributed by atoms with Crippen molar-refractivity contribution in [3.63, 3.8) is 0 Å². The Labute approximate surface area is 140 Å². The van der Waals surface area contributed by atoms with Crippen molar-refractivity contribution in [2.75, 3.05) is 31.1 Å². The van der Waals surface area contributed by atoms with Crippen molar-refractivity contribution in [1.29, 1.82) is 0 Å². The van der Waals surface area contributed by atoms with Crippen LogP contribution in [0.4, 0.5) is 5.82 Å². The van der Waals surface area contributed by atoms with Gasteiger partial charge in [-0.1, -0.05) is 34.6 Å². The summed E-state index contributed by atoms with van der Waals surface area (Å²) in [6.07, 6.45) is 0.608. The average Bonchev–Trinajstić information content (AvgIpc) is 2.45. The standard InChI is InChI=1S/C18H30N4O/c1-13(2)17-19-14(3)11-15(20-17)21-7-9-22(10-8-21)16(23)12-18(4,5)6/h11,13H,7-10,12H2,1-6H3. The monoisotopic (exact) mass is 318 g/mol. The summed E-state index contributed by atoms with van der Waals surface area (Å²) in [5, 5.41) is 0. The predicted molar refractivity (Wildman–Crippen MR) is 93.7 cm³/mol. The SMILES string of the molecule is Cc1cc(N2CCN(C(=O)CC(C)(C)C)CC2)nc(C(C)C)n1. The van der Waals surface area contributed by atoms with Gasteiger partial charge in [0.1, 0.15) is 11.6 Å². The minimum Gasteiger partial charge on any atom is -0.353 e. The molecule has 0 radical (unpaired) electrons. The van der Waals surface area contributed by atoms with Gasteiger partial charge in [0.15, 0.2) is 0 Å². The van der Waals surface area contributed by atoms with Gasteiger partial charge in [-0.05, 0) is 12.3 Å². The summed E-state index contributed by atoms with van der Waals surface area (Å²) in [4.78, 5) is 25.8. The number of hydrogen-bond acceptors (Lipinski definition) is 4. The molecule has 0 aliphatic carbocycles. The zero-order valence-electron chi connectivity index (χ0n) is 15.4. The molecule has 0 saturated carbocycles. The van der Waals surface area contributed by atoms with Gasteiger partial charge in [-0.3, -0.25) is 4.79 Å². The number of aromatic nitrogens is 2. The largest absolute Gasteiger partial charge is 0.353 e. The normalized spacial score (nSPS) is 16.1. The molecule has 0 N–H and O–H groups in total. The van der Waals surface area contributed by atoms with Crippen LogP contribution in [0.15, 0.2) is 6.07 Å². The van der Waals surface area contributed by atoms with E-state index in [0.717, 1.165) is 43.5 Å². The lowest BCUT2D eigenvalue weighted by molar-refractivity contribution is -0.133. The molecule has 0 aromatic carbocycles. The van der Waals surface area contributed by atoms with E-state index in [9.17, 15) is 4.79 Å². The number of anilines is 1. The molecular weight excluding hydrogens is 288 g/mol. The third-order valence-corrected chi connectivity index (χ3v) is 4.01.